The van der Waals surface area contributed by atoms with E-state index in [1.54, 1.807) is 67.0 Å². The highest BCUT2D eigenvalue weighted by molar-refractivity contribution is 6.46. The third kappa shape index (κ3) is 4.97. The van der Waals surface area contributed by atoms with E-state index < -0.39 is 17.7 Å². The molecule has 0 unspecified atom stereocenters. The maximum atomic E-state index is 13.1. The highest BCUT2D eigenvalue weighted by atomic mass is 35.5. The van der Waals surface area contributed by atoms with Crippen molar-refractivity contribution < 1.29 is 19.4 Å². The van der Waals surface area contributed by atoms with Crippen molar-refractivity contribution >= 4 is 29.1 Å². The number of amides is 1. The van der Waals surface area contributed by atoms with Crippen LogP contribution in [0.3, 0.4) is 0 Å². The predicted molar refractivity (Wildman–Crippen MR) is 130 cm³/mol. The van der Waals surface area contributed by atoms with Crippen molar-refractivity contribution in [1.82, 2.24) is 9.88 Å². The molecule has 174 valence electrons. The number of likely N-dealkylation sites (tertiary alicyclic amines) is 1. The molecule has 0 saturated carbocycles. The number of aliphatic hydroxyl groups is 1. The number of Topliss-reactive ketones (excluding diaryl/α,β-unsaturated/α-hetero) is 1. The van der Waals surface area contributed by atoms with Crippen LogP contribution < -0.4 is 4.74 Å². The summed E-state index contributed by atoms with van der Waals surface area (Å²) < 4.78 is 5.71. The quantitative estimate of drug-likeness (QED) is 0.281. The number of ketones is 1. The summed E-state index contributed by atoms with van der Waals surface area (Å²) in [4.78, 5) is 31.8. The number of pyridine rings is 1. The fraction of sp³-hybridized carbons (Fsp3) is 0.222. The standard InChI is InChI=1S/C27H25ClN2O4/c1-17(2)16-34-22-11-7-20(8-12-22)25(31)23-24(19-5-9-21(28)10-6-19)30(27(33)26(23)32)15-18-4-3-13-29-14-18/h3-14,17,24,31H,15-16H2,1-2H3/b25-23+/t24-/m1/s1. The van der Waals surface area contributed by atoms with Crippen LogP contribution in [-0.2, 0) is 16.1 Å². The molecular weight excluding hydrogens is 452 g/mol. The van der Waals surface area contributed by atoms with Crippen LogP contribution in [0.4, 0.5) is 0 Å². The lowest BCUT2D eigenvalue weighted by Crippen LogP contribution is -2.29. The van der Waals surface area contributed by atoms with Gasteiger partial charge in [0, 0.05) is 29.5 Å². The summed E-state index contributed by atoms with van der Waals surface area (Å²) in [6.07, 6.45) is 3.29. The molecule has 2 heterocycles. The fourth-order valence-electron chi connectivity index (χ4n) is 3.85. The molecule has 0 spiro atoms. The highest BCUT2D eigenvalue weighted by Gasteiger charge is 2.46. The second-order valence-electron chi connectivity index (χ2n) is 8.57. The second kappa shape index (κ2) is 10.1. The van der Waals surface area contributed by atoms with E-state index in [0.717, 1.165) is 5.56 Å². The monoisotopic (exact) mass is 476 g/mol. The van der Waals surface area contributed by atoms with E-state index in [1.807, 2.05) is 6.07 Å². The minimum Gasteiger partial charge on any atom is -0.507 e. The largest absolute Gasteiger partial charge is 0.507 e. The molecule has 1 saturated heterocycles. The average Bonchev–Trinajstić information content (AvgIpc) is 3.08. The SMILES string of the molecule is CC(C)COc1ccc(/C(O)=C2\C(=O)C(=O)N(Cc3cccnc3)[C@@H]2c2ccc(Cl)cc2)cc1. The predicted octanol–water partition coefficient (Wildman–Crippen LogP) is 5.39. The van der Waals surface area contributed by atoms with E-state index in [9.17, 15) is 14.7 Å². The summed E-state index contributed by atoms with van der Waals surface area (Å²) in [5.41, 5.74) is 1.91. The first kappa shape index (κ1) is 23.5. The molecule has 34 heavy (non-hydrogen) atoms. The normalized spacial score (nSPS) is 17.4. The van der Waals surface area contributed by atoms with Gasteiger partial charge in [-0.15, -0.1) is 0 Å². The van der Waals surface area contributed by atoms with Crippen molar-refractivity contribution in [1.29, 1.82) is 0 Å². The molecule has 1 N–H and O–H groups in total. The summed E-state index contributed by atoms with van der Waals surface area (Å²) in [6.45, 7) is 4.86. The zero-order chi connectivity index (χ0) is 24.2. The molecule has 1 aromatic heterocycles. The molecule has 6 nitrogen and oxygen atoms in total. The highest BCUT2D eigenvalue weighted by Crippen LogP contribution is 2.40. The second-order valence-corrected chi connectivity index (χ2v) is 9.01. The van der Waals surface area contributed by atoms with E-state index >= 15 is 0 Å². The summed E-state index contributed by atoms with van der Waals surface area (Å²) >= 11 is 6.07. The molecule has 0 bridgehead atoms. The van der Waals surface area contributed by atoms with Crippen molar-refractivity contribution in [2.24, 2.45) is 5.92 Å². The Hall–Kier alpha value is -3.64. The number of ether oxygens (including phenoxy) is 1. The Balaban J connectivity index is 1.75. The number of nitrogens with zero attached hydrogens (tertiary/aromatic N) is 2. The van der Waals surface area contributed by atoms with Crippen LogP contribution >= 0.6 is 11.6 Å². The van der Waals surface area contributed by atoms with Gasteiger partial charge < -0.3 is 14.7 Å². The van der Waals surface area contributed by atoms with Crippen molar-refractivity contribution in [3.8, 4) is 5.75 Å². The molecule has 0 aliphatic carbocycles. The number of halogens is 1. The maximum Gasteiger partial charge on any atom is 0.295 e. The summed E-state index contributed by atoms with van der Waals surface area (Å²) in [6, 6.07) is 16.6. The first-order chi connectivity index (χ1) is 16.3. The third-order valence-electron chi connectivity index (χ3n) is 5.51. The Morgan fingerprint density at radius 2 is 1.79 bits per heavy atom. The zero-order valence-corrected chi connectivity index (χ0v) is 19.7. The Bertz CT molecular complexity index is 1210. The first-order valence-electron chi connectivity index (χ1n) is 11.0. The molecule has 1 aliphatic rings. The van der Waals surface area contributed by atoms with E-state index in [1.165, 1.54) is 4.90 Å². The third-order valence-corrected chi connectivity index (χ3v) is 5.76. The van der Waals surface area contributed by atoms with Crippen molar-refractivity contribution in [3.63, 3.8) is 0 Å². The number of benzene rings is 2. The van der Waals surface area contributed by atoms with Crippen LogP contribution in [0.2, 0.25) is 5.02 Å². The van der Waals surface area contributed by atoms with E-state index in [2.05, 4.69) is 18.8 Å². The van der Waals surface area contributed by atoms with Gasteiger partial charge in [0.05, 0.1) is 18.2 Å². The molecule has 1 aliphatic heterocycles. The molecule has 7 heteroatoms. The molecule has 1 amide bonds. The number of carbonyl (C=O) groups is 2. The zero-order valence-electron chi connectivity index (χ0n) is 18.9. The van der Waals surface area contributed by atoms with Crippen LogP contribution in [0.1, 0.15) is 36.6 Å². The molecule has 1 fully saturated rings. The van der Waals surface area contributed by atoms with Crippen molar-refractivity contribution in [2.45, 2.75) is 26.4 Å². The fourth-order valence-corrected chi connectivity index (χ4v) is 3.98. The summed E-state index contributed by atoms with van der Waals surface area (Å²) in [5.74, 6) is -0.606. The lowest BCUT2D eigenvalue weighted by molar-refractivity contribution is -0.140. The van der Waals surface area contributed by atoms with Gasteiger partial charge in [-0.05, 0) is 59.5 Å². The number of aliphatic hydroxyl groups excluding tert-OH is 1. The first-order valence-corrected chi connectivity index (χ1v) is 11.4. The summed E-state index contributed by atoms with van der Waals surface area (Å²) in [7, 11) is 0. The van der Waals surface area contributed by atoms with Gasteiger partial charge in [0.25, 0.3) is 11.7 Å². The van der Waals surface area contributed by atoms with Gasteiger partial charge in [-0.25, -0.2) is 0 Å². The van der Waals surface area contributed by atoms with Crippen molar-refractivity contribution in [2.75, 3.05) is 6.61 Å². The Morgan fingerprint density at radius 3 is 2.41 bits per heavy atom. The summed E-state index contributed by atoms with van der Waals surface area (Å²) in [5, 5.41) is 11.7. The number of aromatic nitrogens is 1. The number of rotatable bonds is 7. The van der Waals surface area contributed by atoms with Gasteiger partial charge in [0.15, 0.2) is 0 Å². The van der Waals surface area contributed by atoms with Gasteiger partial charge in [-0.2, -0.15) is 0 Å². The van der Waals surface area contributed by atoms with Gasteiger partial charge in [-0.1, -0.05) is 43.6 Å². The molecule has 2 aromatic carbocycles. The lowest BCUT2D eigenvalue weighted by atomic mass is 9.95. The number of carbonyl (C=O) groups excluding carboxylic acids is 2. The van der Waals surface area contributed by atoms with Gasteiger partial charge in [0.2, 0.25) is 0 Å². The average molecular weight is 477 g/mol. The number of hydrogen-bond acceptors (Lipinski definition) is 5. The lowest BCUT2D eigenvalue weighted by Gasteiger charge is -2.25. The Morgan fingerprint density at radius 1 is 1.09 bits per heavy atom. The minimum atomic E-state index is -0.769. The van der Waals surface area contributed by atoms with Gasteiger partial charge in [0.1, 0.15) is 11.5 Å². The molecule has 3 aromatic rings. The molecule has 0 radical (unpaired) electrons. The Labute approximate surface area is 203 Å². The van der Waals surface area contributed by atoms with Crippen LogP contribution in [-0.4, -0.2) is 33.3 Å². The van der Waals surface area contributed by atoms with E-state index in [0.29, 0.717) is 34.4 Å². The van der Waals surface area contributed by atoms with Gasteiger partial charge in [-0.3, -0.25) is 14.6 Å². The molecule has 4 rings (SSSR count). The van der Waals surface area contributed by atoms with Crippen LogP contribution in [0.25, 0.3) is 5.76 Å². The smallest absolute Gasteiger partial charge is 0.295 e. The van der Waals surface area contributed by atoms with Crippen LogP contribution in [0.15, 0.2) is 78.6 Å². The molecule has 1 atom stereocenters. The van der Waals surface area contributed by atoms with Crippen molar-refractivity contribution in [3.05, 3.63) is 100 Å². The molecular formula is C27H25ClN2O4. The van der Waals surface area contributed by atoms with E-state index in [-0.39, 0.29) is 17.9 Å². The minimum absolute atomic E-state index is 0.0343. The maximum absolute atomic E-state index is 13.1. The van der Waals surface area contributed by atoms with Gasteiger partial charge >= 0.3 is 0 Å². The number of hydrogen-bond donors (Lipinski definition) is 1. The van der Waals surface area contributed by atoms with E-state index in [4.69, 9.17) is 16.3 Å². The topological polar surface area (TPSA) is 79.7 Å². The Kier molecular flexibility index (Phi) is 6.98. The van der Waals surface area contributed by atoms with Crippen LogP contribution in [0, 0.1) is 5.92 Å². The van der Waals surface area contributed by atoms with Crippen LogP contribution in [0.5, 0.6) is 5.75 Å².